The number of amides is 2. The number of hydrogen-bond donors (Lipinski definition) is 2. The van der Waals surface area contributed by atoms with Gasteiger partial charge < -0.3 is 16.0 Å². The van der Waals surface area contributed by atoms with Crippen LogP contribution in [0, 0.1) is 0 Å². The predicted octanol–water partition coefficient (Wildman–Crippen LogP) is 0.444. The molecule has 1 fully saturated rings. The van der Waals surface area contributed by atoms with Crippen LogP contribution in [-0.2, 0) is 11.3 Å². The summed E-state index contributed by atoms with van der Waals surface area (Å²) in [5, 5.41) is 2.75. The number of hydrogen-bond acceptors (Lipinski definition) is 5. The molecule has 7 nitrogen and oxygen atoms in total. The Balaban J connectivity index is 0.00000288. The van der Waals surface area contributed by atoms with E-state index >= 15 is 0 Å². The Hall–Kier alpha value is -1.67. The smallest absolute Gasteiger partial charge is 0.254 e. The van der Waals surface area contributed by atoms with Gasteiger partial charge in [-0.05, 0) is 12.1 Å². The second-order valence-corrected chi connectivity index (χ2v) is 5.40. The Labute approximate surface area is 160 Å². The van der Waals surface area contributed by atoms with Gasteiger partial charge in [0.2, 0.25) is 5.91 Å². The molecular formula is C16H25Cl2N5O2. The number of nitrogens with two attached hydrogens (primary N) is 1. The largest absolute Gasteiger partial charge is 0.352 e. The molecule has 2 rings (SSSR count). The van der Waals surface area contributed by atoms with Crippen molar-refractivity contribution in [1.82, 2.24) is 20.1 Å². The molecule has 1 saturated heterocycles. The zero-order valence-corrected chi connectivity index (χ0v) is 15.7. The molecule has 2 heterocycles. The molecule has 0 bridgehead atoms. The maximum Gasteiger partial charge on any atom is 0.254 e. The number of carbonyl (C=O) groups excluding carboxylic acids is 2. The van der Waals surface area contributed by atoms with Gasteiger partial charge in [0.1, 0.15) is 0 Å². The zero-order chi connectivity index (χ0) is 16.7. The van der Waals surface area contributed by atoms with Crippen molar-refractivity contribution in [3.63, 3.8) is 0 Å². The summed E-state index contributed by atoms with van der Waals surface area (Å²) in [5.41, 5.74) is 6.87. The third-order valence-electron chi connectivity index (χ3n) is 3.74. The molecule has 0 aromatic carbocycles. The SMILES string of the molecule is C=CCNC(=O)CN1CCN(C(=O)c2ccnc(CN)c2)CC1.Cl.Cl. The molecule has 2 amide bonds. The number of carbonyl (C=O) groups is 2. The minimum Gasteiger partial charge on any atom is -0.352 e. The van der Waals surface area contributed by atoms with Crippen molar-refractivity contribution in [2.75, 3.05) is 39.3 Å². The third-order valence-corrected chi connectivity index (χ3v) is 3.74. The van der Waals surface area contributed by atoms with E-state index in [1.54, 1.807) is 29.3 Å². The van der Waals surface area contributed by atoms with E-state index in [9.17, 15) is 9.59 Å². The number of nitrogens with one attached hydrogen (secondary N) is 1. The maximum atomic E-state index is 12.5. The average Bonchev–Trinajstić information content (AvgIpc) is 2.60. The van der Waals surface area contributed by atoms with Crippen molar-refractivity contribution < 1.29 is 9.59 Å². The van der Waals surface area contributed by atoms with Gasteiger partial charge in [-0.2, -0.15) is 0 Å². The van der Waals surface area contributed by atoms with Crippen LogP contribution in [0.4, 0.5) is 0 Å². The summed E-state index contributed by atoms with van der Waals surface area (Å²) in [6.07, 6.45) is 3.26. The summed E-state index contributed by atoms with van der Waals surface area (Å²) in [6, 6.07) is 3.44. The van der Waals surface area contributed by atoms with E-state index in [1.807, 2.05) is 4.90 Å². The normalized spacial score (nSPS) is 14.0. The van der Waals surface area contributed by atoms with Crippen LogP contribution in [-0.4, -0.2) is 65.9 Å². The Morgan fingerprint density at radius 3 is 2.56 bits per heavy atom. The second-order valence-electron chi connectivity index (χ2n) is 5.40. The van der Waals surface area contributed by atoms with Crippen molar-refractivity contribution in [1.29, 1.82) is 0 Å². The van der Waals surface area contributed by atoms with Crippen LogP contribution in [0.3, 0.4) is 0 Å². The first kappa shape index (κ1) is 23.3. The Morgan fingerprint density at radius 2 is 1.96 bits per heavy atom. The molecule has 0 unspecified atom stereocenters. The lowest BCUT2D eigenvalue weighted by Crippen LogP contribution is -2.51. The summed E-state index contributed by atoms with van der Waals surface area (Å²) in [6.45, 7) is 7.28. The van der Waals surface area contributed by atoms with E-state index in [1.165, 1.54) is 0 Å². The van der Waals surface area contributed by atoms with Crippen LogP contribution in [0.1, 0.15) is 16.1 Å². The molecule has 1 aliphatic rings. The Bertz CT molecular complexity index is 577. The molecular weight excluding hydrogens is 365 g/mol. The molecule has 25 heavy (non-hydrogen) atoms. The van der Waals surface area contributed by atoms with Crippen LogP contribution in [0.15, 0.2) is 31.0 Å². The Kier molecular flexibility index (Phi) is 11.0. The average molecular weight is 390 g/mol. The zero-order valence-electron chi connectivity index (χ0n) is 14.0. The number of nitrogens with zero attached hydrogens (tertiary/aromatic N) is 3. The van der Waals surface area contributed by atoms with Crippen molar-refractivity contribution in [2.45, 2.75) is 6.54 Å². The lowest BCUT2D eigenvalue weighted by Gasteiger charge is -2.34. The number of rotatable bonds is 6. The minimum atomic E-state index is -0.0219. The van der Waals surface area contributed by atoms with E-state index in [4.69, 9.17) is 5.73 Å². The van der Waals surface area contributed by atoms with Gasteiger partial charge in [0, 0.05) is 51.0 Å². The summed E-state index contributed by atoms with van der Waals surface area (Å²) in [4.78, 5) is 32.1. The van der Waals surface area contributed by atoms with Gasteiger partial charge in [-0.25, -0.2) is 0 Å². The van der Waals surface area contributed by atoms with Crippen LogP contribution in [0.5, 0.6) is 0 Å². The lowest BCUT2D eigenvalue weighted by atomic mass is 10.2. The number of piperazine rings is 1. The van der Waals surface area contributed by atoms with Crippen molar-refractivity contribution in [3.05, 3.63) is 42.2 Å². The van der Waals surface area contributed by atoms with Gasteiger partial charge in [0.15, 0.2) is 0 Å². The van der Waals surface area contributed by atoms with E-state index in [-0.39, 0.29) is 36.6 Å². The van der Waals surface area contributed by atoms with E-state index in [0.29, 0.717) is 57.1 Å². The van der Waals surface area contributed by atoms with E-state index < -0.39 is 0 Å². The van der Waals surface area contributed by atoms with Gasteiger partial charge in [-0.3, -0.25) is 19.5 Å². The fraction of sp³-hybridized carbons (Fsp3) is 0.438. The quantitative estimate of drug-likeness (QED) is 0.688. The van der Waals surface area contributed by atoms with Crippen LogP contribution < -0.4 is 11.1 Å². The first-order chi connectivity index (χ1) is 11.1. The van der Waals surface area contributed by atoms with Crippen LogP contribution in [0.2, 0.25) is 0 Å². The summed E-state index contributed by atoms with van der Waals surface area (Å²) in [7, 11) is 0. The van der Waals surface area contributed by atoms with E-state index in [2.05, 4.69) is 16.9 Å². The first-order valence-electron chi connectivity index (χ1n) is 7.68. The standard InChI is InChI=1S/C16H23N5O2.2ClH/c1-2-4-19-15(22)12-20-6-8-21(9-7-20)16(23)13-3-5-18-14(10-13)11-17;;/h2-3,5,10H,1,4,6-9,11-12,17H2,(H,19,22);2*1H. The van der Waals surface area contributed by atoms with Gasteiger partial charge in [-0.1, -0.05) is 6.08 Å². The highest BCUT2D eigenvalue weighted by atomic mass is 35.5. The van der Waals surface area contributed by atoms with E-state index in [0.717, 1.165) is 0 Å². The number of aromatic nitrogens is 1. The minimum absolute atomic E-state index is 0. The van der Waals surface area contributed by atoms with Crippen molar-refractivity contribution >= 4 is 36.6 Å². The third kappa shape index (κ3) is 6.99. The summed E-state index contributed by atoms with van der Waals surface area (Å²) in [5.74, 6) is -0.0377. The molecule has 3 N–H and O–H groups in total. The molecule has 1 aromatic rings. The van der Waals surface area contributed by atoms with Crippen molar-refractivity contribution in [2.24, 2.45) is 5.73 Å². The highest BCUT2D eigenvalue weighted by Gasteiger charge is 2.23. The number of pyridine rings is 1. The predicted molar refractivity (Wildman–Crippen MR) is 102 cm³/mol. The van der Waals surface area contributed by atoms with Gasteiger partial charge in [-0.15, -0.1) is 31.4 Å². The molecule has 1 aliphatic heterocycles. The molecule has 140 valence electrons. The van der Waals surface area contributed by atoms with Crippen LogP contribution in [0.25, 0.3) is 0 Å². The summed E-state index contributed by atoms with van der Waals surface area (Å²) < 4.78 is 0. The first-order valence-corrected chi connectivity index (χ1v) is 7.68. The van der Waals surface area contributed by atoms with Crippen LogP contribution >= 0.6 is 24.8 Å². The topological polar surface area (TPSA) is 91.6 Å². The summed E-state index contributed by atoms with van der Waals surface area (Å²) >= 11 is 0. The van der Waals surface area contributed by atoms with Gasteiger partial charge >= 0.3 is 0 Å². The second kappa shape index (κ2) is 11.8. The molecule has 0 aliphatic carbocycles. The lowest BCUT2D eigenvalue weighted by molar-refractivity contribution is -0.122. The molecule has 1 aromatic heterocycles. The number of halogens is 2. The highest BCUT2D eigenvalue weighted by Crippen LogP contribution is 2.09. The Morgan fingerprint density at radius 1 is 1.28 bits per heavy atom. The molecule has 0 saturated carbocycles. The van der Waals surface area contributed by atoms with Gasteiger partial charge in [0.05, 0.1) is 12.2 Å². The fourth-order valence-electron chi connectivity index (χ4n) is 2.46. The molecule has 0 radical (unpaired) electrons. The van der Waals surface area contributed by atoms with Crippen molar-refractivity contribution in [3.8, 4) is 0 Å². The highest BCUT2D eigenvalue weighted by molar-refractivity contribution is 5.94. The maximum absolute atomic E-state index is 12.5. The monoisotopic (exact) mass is 389 g/mol. The van der Waals surface area contributed by atoms with Gasteiger partial charge in [0.25, 0.3) is 5.91 Å². The fourth-order valence-corrected chi connectivity index (χ4v) is 2.46. The molecule has 0 atom stereocenters. The molecule has 9 heteroatoms. The molecule has 0 spiro atoms.